The molecule has 2 nitrogen and oxygen atoms in total. The van der Waals surface area contributed by atoms with Crippen LogP contribution in [0.5, 0.6) is 5.75 Å². The van der Waals surface area contributed by atoms with Crippen molar-refractivity contribution >= 4 is 29.3 Å². The molecule has 0 N–H and O–H groups in total. The van der Waals surface area contributed by atoms with Gasteiger partial charge in [0.1, 0.15) is 5.75 Å². The van der Waals surface area contributed by atoms with Gasteiger partial charge in [0.15, 0.2) is 5.78 Å². The Hall–Kier alpha value is -0.610. The topological polar surface area (TPSA) is 26.3 Å². The Labute approximate surface area is 117 Å². The van der Waals surface area contributed by atoms with Gasteiger partial charge in [0, 0.05) is 29.2 Å². The first-order chi connectivity index (χ1) is 8.70. The predicted molar refractivity (Wildman–Crippen MR) is 80.0 cm³/mol. The van der Waals surface area contributed by atoms with Gasteiger partial charge in [-0.15, -0.1) is 11.8 Å². The number of carbonyl (C=O) groups is 1. The fourth-order valence-electron chi connectivity index (χ4n) is 2.02. The van der Waals surface area contributed by atoms with E-state index in [2.05, 4.69) is 6.07 Å². The van der Waals surface area contributed by atoms with Gasteiger partial charge < -0.3 is 4.74 Å². The Balaban J connectivity index is 2.07. The van der Waals surface area contributed by atoms with Crippen molar-refractivity contribution in [2.75, 3.05) is 24.4 Å². The molecule has 1 fully saturated rings. The lowest BCUT2D eigenvalue weighted by atomic mass is 10.0. The Morgan fingerprint density at radius 3 is 2.94 bits per heavy atom. The van der Waals surface area contributed by atoms with Crippen molar-refractivity contribution in [3.8, 4) is 5.75 Å². The third-order valence-corrected chi connectivity index (χ3v) is 5.78. The molecular formula is C14H18O2S2. The van der Waals surface area contributed by atoms with E-state index in [9.17, 15) is 4.79 Å². The van der Waals surface area contributed by atoms with E-state index in [-0.39, 0.29) is 5.25 Å². The quantitative estimate of drug-likeness (QED) is 0.848. The lowest BCUT2D eigenvalue weighted by Gasteiger charge is -2.20. The highest BCUT2D eigenvalue weighted by atomic mass is 32.2. The van der Waals surface area contributed by atoms with Gasteiger partial charge in [-0.3, -0.25) is 4.79 Å². The molecule has 98 valence electrons. The highest BCUT2D eigenvalue weighted by molar-refractivity contribution is 8.07. The van der Waals surface area contributed by atoms with E-state index in [0.29, 0.717) is 12.2 Å². The minimum Gasteiger partial charge on any atom is -0.496 e. The molecule has 18 heavy (non-hydrogen) atoms. The van der Waals surface area contributed by atoms with Crippen LogP contribution in [0.25, 0.3) is 0 Å². The molecule has 1 aliphatic heterocycles. The van der Waals surface area contributed by atoms with Gasteiger partial charge in [-0.2, -0.15) is 11.8 Å². The van der Waals surface area contributed by atoms with Crippen molar-refractivity contribution in [1.82, 2.24) is 0 Å². The van der Waals surface area contributed by atoms with Crippen LogP contribution in [0.2, 0.25) is 0 Å². The molecule has 1 saturated heterocycles. The number of rotatable bonds is 4. The predicted octanol–water partition coefficient (Wildman–Crippen LogP) is 2.96. The molecule has 0 saturated carbocycles. The molecule has 1 aromatic rings. The van der Waals surface area contributed by atoms with Gasteiger partial charge in [0.2, 0.25) is 0 Å². The average Bonchev–Trinajstić information content (AvgIpc) is 2.40. The highest BCUT2D eigenvalue weighted by Gasteiger charge is 2.23. The molecule has 0 spiro atoms. The number of Topliss-reactive ketones (excluding diaryl/α,β-unsaturated/α-hetero) is 1. The number of thioether (sulfide) groups is 2. The second-order valence-corrected chi connectivity index (χ2v) is 6.85. The molecule has 0 amide bonds. The van der Waals surface area contributed by atoms with E-state index in [4.69, 9.17) is 4.74 Å². The standard InChI is InChI=1S/C14H18O2S2/c1-10-3-4-13(16-2)11(7-10)8-12(15)14-9-17-5-6-18-14/h3-4,7,14H,5-6,8-9H2,1-2H3. The zero-order valence-electron chi connectivity index (χ0n) is 10.8. The molecule has 0 bridgehead atoms. The first kappa shape index (κ1) is 13.8. The third kappa shape index (κ3) is 3.45. The van der Waals surface area contributed by atoms with E-state index in [0.717, 1.165) is 22.8 Å². The highest BCUT2D eigenvalue weighted by Crippen LogP contribution is 2.27. The van der Waals surface area contributed by atoms with Crippen LogP contribution in [-0.4, -0.2) is 35.4 Å². The number of ether oxygens (including phenoxy) is 1. The Morgan fingerprint density at radius 2 is 2.28 bits per heavy atom. The minimum atomic E-state index is 0.161. The van der Waals surface area contributed by atoms with E-state index >= 15 is 0 Å². The second-order valence-electron chi connectivity index (χ2n) is 4.39. The number of benzene rings is 1. The lowest BCUT2D eigenvalue weighted by molar-refractivity contribution is -0.117. The zero-order valence-corrected chi connectivity index (χ0v) is 12.4. The fraction of sp³-hybridized carbons (Fsp3) is 0.500. The Bertz CT molecular complexity index is 426. The zero-order chi connectivity index (χ0) is 13.0. The largest absolute Gasteiger partial charge is 0.496 e. The summed E-state index contributed by atoms with van der Waals surface area (Å²) < 4.78 is 5.32. The van der Waals surface area contributed by atoms with Crippen LogP contribution in [0.3, 0.4) is 0 Å². The van der Waals surface area contributed by atoms with Crippen molar-refractivity contribution in [3.05, 3.63) is 29.3 Å². The number of aryl methyl sites for hydroxylation is 1. The van der Waals surface area contributed by atoms with Crippen molar-refractivity contribution in [2.45, 2.75) is 18.6 Å². The van der Waals surface area contributed by atoms with E-state index < -0.39 is 0 Å². The number of carbonyl (C=O) groups excluding carboxylic acids is 1. The monoisotopic (exact) mass is 282 g/mol. The summed E-state index contributed by atoms with van der Waals surface area (Å²) in [6.07, 6.45) is 0.489. The normalized spacial score (nSPS) is 19.6. The molecule has 4 heteroatoms. The maximum Gasteiger partial charge on any atom is 0.151 e. The summed E-state index contributed by atoms with van der Waals surface area (Å²) in [4.78, 5) is 12.3. The molecule has 1 heterocycles. The van der Waals surface area contributed by atoms with Crippen LogP contribution in [0.1, 0.15) is 11.1 Å². The maximum atomic E-state index is 12.3. The van der Waals surface area contributed by atoms with Crippen molar-refractivity contribution in [1.29, 1.82) is 0 Å². The van der Waals surface area contributed by atoms with Crippen LogP contribution in [-0.2, 0) is 11.2 Å². The molecule has 1 unspecified atom stereocenters. The number of ketones is 1. The summed E-state index contributed by atoms with van der Waals surface area (Å²) in [5.74, 6) is 4.37. The number of methoxy groups -OCH3 is 1. The molecule has 2 rings (SSSR count). The van der Waals surface area contributed by atoms with Crippen LogP contribution in [0.15, 0.2) is 18.2 Å². The fourth-order valence-corrected chi connectivity index (χ4v) is 4.67. The molecular weight excluding hydrogens is 264 g/mol. The van der Waals surface area contributed by atoms with Crippen molar-refractivity contribution in [2.24, 2.45) is 0 Å². The van der Waals surface area contributed by atoms with E-state index in [1.165, 1.54) is 11.3 Å². The Morgan fingerprint density at radius 1 is 1.44 bits per heavy atom. The molecule has 0 aromatic heterocycles. The summed E-state index contributed by atoms with van der Waals surface area (Å²) in [7, 11) is 1.66. The average molecular weight is 282 g/mol. The van der Waals surface area contributed by atoms with E-state index in [1.54, 1.807) is 18.9 Å². The molecule has 0 aliphatic carbocycles. The summed E-state index contributed by atoms with van der Waals surface area (Å²) in [6, 6.07) is 6.01. The molecule has 1 atom stereocenters. The molecule has 1 aromatic carbocycles. The van der Waals surface area contributed by atoms with Gasteiger partial charge >= 0.3 is 0 Å². The van der Waals surface area contributed by atoms with Crippen molar-refractivity contribution < 1.29 is 9.53 Å². The smallest absolute Gasteiger partial charge is 0.151 e. The lowest BCUT2D eigenvalue weighted by Crippen LogP contribution is -2.25. The summed E-state index contributed by atoms with van der Waals surface area (Å²) >= 11 is 3.68. The number of hydrogen-bond acceptors (Lipinski definition) is 4. The SMILES string of the molecule is COc1ccc(C)cc1CC(=O)C1CSCCS1. The van der Waals surface area contributed by atoms with Crippen LogP contribution in [0.4, 0.5) is 0 Å². The van der Waals surface area contributed by atoms with Crippen LogP contribution < -0.4 is 4.74 Å². The second kappa shape index (κ2) is 6.53. The van der Waals surface area contributed by atoms with E-state index in [1.807, 2.05) is 30.8 Å². The van der Waals surface area contributed by atoms with Gasteiger partial charge in [-0.05, 0) is 13.0 Å². The third-order valence-electron chi connectivity index (χ3n) is 2.98. The molecule has 0 radical (unpaired) electrons. The van der Waals surface area contributed by atoms with Crippen LogP contribution in [0, 0.1) is 6.92 Å². The van der Waals surface area contributed by atoms with Crippen molar-refractivity contribution in [3.63, 3.8) is 0 Å². The maximum absolute atomic E-state index is 12.3. The summed E-state index contributed by atoms with van der Waals surface area (Å²) in [5, 5.41) is 0.161. The molecule has 1 aliphatic rings. The first-order valence-corrected chi connectivity index (χ1v) is 8.26. The number of hydrogen-bond donors (Lipinski definition) is 0. The van der Waals surface area contributed by atoms with Gasteiger partial charge in [0.25, 0.3) is 0 Å². The summed E-state index contributed by atoms with van der Waals surface area (Å²) in [6.45, 7) is 2.04. The minimum absolute atomic E-state index is 0.161. The summed E-state index contributed by atoms with van der Waals surface area (Å²) in [5.41, 5.74) is 2.18. The van der Waals surface area contributed by atoms with Gasteiger partial charge in [0.05, 0.1) is 12.4 Å². The van der Waals surface area contributed by atoms with Gasteiger partial charge in [-0.1, -0.05) is 17.7 Å². The Kier molecular flexibility index (Phi) is 5.01. The van der Waals surface area contributed by atoms with Gasteiger partial charge in [-0.25, -0.2) is 0 Å². The first-order valence-electron chi connectivity index (χ1n) is 6.06. The van der Waals surface area contributed by atoms with Crippen LogP contribution >= 0.6 is 23.5 Å².